The zero-order valence-corrected chi connectivity index (χ0v) is 20.2. The number of halogens is 1. The monoisotopic (exact) mass is 439 g/mol. The molecule has 158 valence electrons. The van der Waals surface area contributed by atoms with Gasteiger partial charge in [0.2, 0.25) is 0 Å². The summed E-state index contributed by atoms with van der Waals surface area (Å²) in [4.78, 5) is 0. The van der Waals surface area contributed by atoms with Crippen LogP contribution in [0.25, 0.3) is 0 Å². The molecule has 0 fully saturated rings. The Morgan fingerprint density at radius 3 is 1.44 bits per heavy atom. The number of rotatable bonds is 17. The molecule has 1 aromatic rings. The van der Waals surface area contributed by atoms with E-state index in [9.17, 15) is 0 Å². The van der Waals surface area contributed by atoms with E-state index in [0.717, 1.165) is 13.1 Å². The molecule has 0 aliphatic carbocycles. The van der Waals surface area contributed by atoms with E-state index in [4.69, 9.17) is 0 Å². The minimum Gasteiger partial charge on any atom is -0.313 e. The van der Waals surface area contributed by atoms with Gasteiger partial charge in [-0.3, -0.25) is 0 Å². The highest BCUT2D eigenvalue weighted by molar-refractivity contribution is 8.93. The molecule has 0 aliphatic heterocycles. The first-order chi connectivity index (χ1) is 12.7. The van der Waals surface area contributed by atoms with Crippen molar-refractivity contribution in [3.8, 4) is 0 Å². The summed E-state index contributed by atoms with van der Waals surface area (Å²) in [5, 5.41) is 3.60. The molecule has 0 bridgehead atoms. The third kappa shape index (κ3) is 16.3. The Morgan fingerprint density at radius 2 is 1.00 bits per heavy atom. The van der Waals surface area contributed by atoms with E-state index in [1.54, 1.807) is 0 Å². The lowest BCUT2D eigenvalue weighted by molar-refractivity contribution is 0.529. The molecule has 1 N–H and O–H groups in total. The molecule has 0 atom stereocenters. The first-order valence-electron chi connectivity index (χ1n) is 11.5. The molecule has 0 saturated carbocycles. The number of unbranched alkanes of at least 4 members (excludes halogenated alkanes) is 13. The molecule has 1 aromatic carbocycles. The van der Waals surface area contributed by atoms with E-state index in [1.165, 1.54) is 107 Å². The normalized spacial score (nSPS) is 10.8. The van der Waals surface area contributed by atoms with Crippen LogP contribution in [0.4, 0.5) is 0 Å². The van der Waals surface area contributed by atoms with Gasteiger partial charge in [0.1, 0.15) is 0 Å². The Kier molecular flexibility index (Phi) is 18.8. The second-order valence-corrected chi connectivity index (χ2v) is 8.27. The predicted molar refractivity (Wildman–Crippen MR) is 128 cm³/mol. The summed E-state index contributed by atoms with van der Waals surface area (Å²) in [5.74, 6) is 0. The summed E-state index contributed by atoms with van der Waals surface area (Å²) in [6.07, 6.45) is 20.1. The number of aryl methyl sites for hydroxylation is 2. The van der Waals surface area contributed by atoms with Crippen LogP contribution in [-0.2, 0) is 6.54 Å². The van der Waals surface area contributed by atoms with E-state index in [0.29, 0.717) is 0 Å². The SMILES string of the molecule is Br.CCCCCCCCCCCCCCCCNCc1cc(C)cc(C)c1. The van der Waals surface area contributed by atoms with Crippen LogP contribution in [0, 0.1) is 13.8 Å². The van der Waals surface area contributed by atoms with Crippen LogP contribution in [0.1, 0.15) is 114 Å². The molecule has 0 saturated heterocycles. The molecule has 0 spiro atoms. The summed E-state index contributed by atoms with van der Waals surface area (Å²) in [7, 11) is 0. The zero-order chi connectivity index (χ0) is 18.9. The minimum absolute atomic E-state index is 0. The number of hydrogen-bond donors (Lipinski definition) is 1. The maximum atomic E-state index is 3.60. The maximum Gasteiger partial charge on any atom is 0.0205 e. The molecule has 0 aromatic heterocycles. The van der Waals surface area contributed by atoms with Gasteiger partial charge in [-0.1, -0.05) is 120 Å². The standard InChI is InChI=1S/C25H45N.BrH/c1-4-5-6-7-8-9-10-11-12-13-14-15-16-17-18-26-22-25-20-23(2)19-24(3)21-25;/h19-21,26H,4-18,22H2,1-3H3;1H. The van der Waals surface area contributed by atoms with Gasteiger partial charge >= 0.3 is 0 Å². The van der Waals surface area contributed by atoms with Crippen LogP contribution >= 0.6 is 17.0 Å². The average Bonchev–Trinajstić information content (AvgIpc) is 2.60. The lowest BCUT2D eigenvalue weighted by atomic mass is 10.0. The van der Waals surface area contributed by atoms with E-state index < -0.39 is 0 Å². The van der Waals surface area contributed by atoms with Gasteiger partial charge in [-0.15, -0.1) is 17.0 Å². The van der Waals surface area contributed by atoms with Crippen LogP contribution in [0.2, 0.25) is 0 Å². The summed E-state index contributed by atoms with van der Waals surface area (Å²) in [6.45, 7) is 8.84. The summed E-state index contributed by atoms with van der Waals surface area (Å²) in [5.41, 5.74) is 4.17. The molecule has 0 radical (unpaired) electrons. The topological polar surface area (TPSA) is 12.0 Å². The van der Waals surface area contributed by atoms with Crippen molar-refractivity contribution < 1.29 is 0 Å². The van der Waals surface area contributed by atoms with Crippen molar-refractivity contribution in [2.75, 3.05) is 6.54 Å². The van der Waals surface area contributed by atoms with Gasteiger partial charge in [0.15, 0.2) is 0 Å². The van der Waals surface area contributed by atoms with Crippen molar-refractivity contribution in [3.05, 3.63) is 34.9 Å². The smallest absolute Gasteiger partial charge is 0.0205 e. The van der Waals surface area contributed by atoms with E-state index in [2.05, 4.69) is 44.3 Å². The molecule has 0 unspecified atom stereocenters. The van der Waals surface area contributed by atoms with Crippen molar-refractivity contribution in [2.45, 2.75) is 117 Å². The Labute approximate surface area is 180 Å². The Balaban J connectivity index is 0.00000676. The molecular weight excluding hydrogens is 394 g/mol. The maximum absolute atomic E-state index is 3.60. The second-order valence-electron chi connectivity index (χ2n) is 8.27. The first kappa shape index (κ1) is 26.7. The van der Waals surface area contributed by atoms with Crippen molar-refractivity contribution in [1.29, 1.82) is 0 Å². The number of benzene rings is 1. The lowest BCUT2D eigenvalue weighted by Gasteiger charge is -2.07. The highest BCUT2D eigenvalue weighted by atomic mass is 79.9. The number of nitrogens with one attached hydrogen (secondary N) is 1. The predicted octanol–water partition coefficient (Wildman–Crippen LogP) is 8.45. The van der Waals surface area contributed by atoms with Gasteiger partial charge in [-0.05, 0) is 32.4 Å². The first-order valence-corrected chi connectivity index (χ1v) is 11.5. The third-order valence-corrected chi connectivity index (χ3v) is 5.32. The zero-order valence-electron chi connectivity index (χ0n) is 18.5. The largest absolute Gasteiger partial charge is 0.313 e. The van der Waals surface area contributed by atoms with Crippen molar-refractivity contribution in [1.82, 2.24) is 5.32 Å². The molecule has 1 rings (SSSR count). The molecule has 0 aliphatic rings. The average molecular weight is 441 g/mol. The highest BCUT2D eigenvalue weighted by Gasteiger charge is 1.97. The molecule has 2 heteroatoms. The Hall–Kier alpha value is -0.340. The van der Waals surface area contributed by atoms with Gasteiger partial charge in [0, 0.05) is 6.54 Å². The van der Waals surface area contributed by atoms with Crippen LogP contribution < -0.4 is 5.32 Å². The van der Waals surface area contributed by atoms with Gasteiger partial charge in [-0.25, -0.2) is 0 Å². The summed E-state index contributed by atoms with van der Waals surface area (Å²) >= 11 is 0. The van der Waals surface area contributed by atoms with Gasteiger partial charge in [0.05, 0.1) is 0 Å². The summed E-state index contributed by atoms with van der Waals surface area (Å²) < 4.78 is 0. The third-order valence-electron chi connectivity index (χ3n) is 5.32. The highest BCUT2D eigenvalue weighted by Crippen LogP contribution is 2.13. The van der Waals surface area contributed by atoms with Crippen LogP contribution in [0.15, 0.2) is 18.2 Å². The quantitative estimate of drug-likeness (QED) is 0.240. The molecule has 1 nitrogen and oxygen atoms in total. The van der Waals surface area contributed by atoms with Gasteiger partial charge < -0.3 is 5.32 Å². The molecule has 27 heavy (non-hydrogen) atoms. The second kappa shape index (κ2) is 19.0. The minimum atomic E-state index is 0. The van der Waals surface area contributed by atoms with Crippen LogP contribution in [0.3, 0.4) is 0 Å². The van der Waals surface area contributed by atoms with Gasteiger partial charge in [0.25, 0.3) is 0 Å². The van der Waals surface area contributed by atoms with E-state index in [-0.39, 0.29) is 17.0 Å². The van der Waals surface area contributed by atoms with E-state index in [1.807, 2.05) is 0 Å². The van der Waals surface area contributed by atoms with Crippen molar-refractivity contribution in [3.63, 3.8) is 0 Å². The Bertz CT molecular complexity index is 424. The fourth-order valence-corrected chi connectivity index (χ4v) is 3.85. The lowest BCUT2D eigenvalue weighted by Crippen LogP contribution is -2.14. The fourth-order valence-electron chi connectivity index (χ4n) is 3.85. The Morgan fingerprint density at radius 1 is 0.593 bits per heavy atom. The van der Waals surface area contributed by atoms with Crippen molar-refractivity contribution in [2.24, 2.45) is 0 Å². The van der Waals surface area contributed by atoms with Gasteiger partial charge in [-0.2, -0.15) is 0 Å². The molecule has 0 amide bonds. The van der Waals surface area contributed by atoms with Crippen LogP contribution in [-0.4, -0.2) is 6.54 Å². The van der Waals surface area contributed by atoms with E-state index >= 15 is 0 Å². The number of hydrogen-bond acceptors (Lipinski definition) is 1. The van der Waals surface area contributed by atoms with Crippen LogP contribution in [0.5, 0.6) is 0 Å². The summed E-state index contributed by atoms with van der Waals surface area (Å²) in [6, 6.07) is 6.84. The molecule has 0 heterocycles. The fraction of sp³-hybridized carbons (Fsp3) is 0.760. The molecular formula is C25H46BrN. The van der Waals surface area contributed by atoms with Crippen molar-refractivity contribution >= 4 is 17.0 Å².